The van der Waals surface area contributed by atoms with Gasteiger partial charge in [0.2, 0.25) is 0 Å². The zero-order valence-electron chi connectivity index (χ0n) is 13.2. The second kappa shape index (κ2) is 6.22. The van der Waals surface area contributed by atoms with Gasteiger partial charge in [0.1, 0.15) is 6.61 Å². The van der Waals surface area contributed by atoms with Crippen LogP contribution in [0.2, 0.25) is 0 Å². The van der Waals surface area contributed by atoms with Gasteiger partial charge in [-0.1, -0.05) is 36.8 Å². The number of amides is 1. The van der Waals surface area contributed by atoms with Crippen molar-refractivity contribution in [3.63, 3.8) is 0 Å². The molecule has 2 unspecified atom stereocenters. The zero-order valence-corrected chi connectivity index (χ0v) is 13.2. The van der Waals surface area contributed by atoms with Crippen LogP contribution in [0.15, 0.2) is 30.3 Å². The van der Waals surface area contributed by atoms with Gasteiger partial charge < -0.3 is 15.2 Å². The molecule has 2 bridgehead atoms. The number of fused-ring (bicyclic) bond motifs is 2. The van der Waals surface area contributed by atoms with E-state index in [4.69, 9.17) is 4.74 Å². The molecule has 5 heteroatoms. The van der Waals surface area contributed by atoms with Crippen molar-refractivity contribution < 1.29 is 19.4 Å². The number of carboxylic acid groups (broad SMARTS) is 1. The van der Waals surface area contributed by atoms with Gasteiger partial charge in [-0.25, -0.2) is 4.79 Å². The summed E-state index contributed by atoms with van der Waals surface area (Å²) < 4.78 is 5.23. The number of nitrogens with one attached hydrogen (secondary N) is 1. The Labute approximate surface area is 136 Å². The number of rotatable bonds is 5. The lowest BCUT2D eigenvalue weighted by Crippen LogP contribution is -2.41. The molecule has 1 amide bonds. The van der Waals surface area contributed by atoms with Crippen LogP contribution >= 0.6 is 0 Å². The number of aliphatic carboxylic acids is 1. The van der Waals surface area contributed by atoms with Crippen LogP contribution in [0.5, 0.6) is 0 Å². The average molecular weight is 317 g/mol. The Morgan fingerprint density at radius 3 is 2.65 bits per heavy atom. The molecule has 5 nitrogen and oxygen atoms in total. The number of carbonyl (C=O) groups is 2. The fourth-order valence-corrected chi connectivity index (χ4v) is 4.19. The van der Waals surface area contributed by atoms with E-state index in [0.29, 0.717) is 13.0 Å². The van der Waals surface area contributed by atoms with E-state index in [-0.39, 0.29) is 12.0 Å². The summed E-state index contributed by atoms with van der Waals surface area (Å²) in [5.41, 5.74) is 0.320. The van der Waals surface area contributed by atoms with Gasteiger partial charge >= 0.3 is 12.1 Å². The number of benzene rings is 1. The van der Waals surface area contributed by atoms with Crippen molar-refractivity contribution in [1.29, 1.82) is 0 Å². The second-order valence-electron chi connectivity index (χ2n) is 7.03. The molecule has 2 fully saturated rings. The first-order valence-electron chi connectivity index (χ1n) is 8.22. The van der Waals surface area contributed by atoms with Gasteiger partial charge in [0, 0.05) is 6.54 Å². The number of alkyl carbamates (subject to hydrolysis) is 1. The van der Waals surface area contributed by atoms with Gasteiger partial charge in [0.15, 0.2) is 0 Å². The Kier molecular flexibility index (Phi) is 4.28. The molecule has 2 N–H and O–H groups in total. The lowest BCUT2D eigenvalue weighted by Gasteiger charge is -2.37. The maximum Gasteiger partial charge on any atom is 0.407 e. The molecule has 0 aromatic heterocycles. The minimum atomic E-state index is -0.675. The van der Waals surface area contributed by atoms with Crippen LogP contribution in [0.1, 0.15) is 44.1 Å². The molecule has 0 heterocycles. The quantitative estimate of drug-likeness (QED) is 0.873. The molecule has 2 atom stereocenters. The molecule has 0 saturated heterocycles. The topological polar surface area (TPSA) is 75.6 Å². The molecule has 0 spiro atoms. The SMILES string of the molecule is O=C(NCC12CCCC(C(=O)O)(CC1)C2)OCc1ccccc1. The summed E-state index contributed by atoms with van der Waals surface area (Å²) >= 11 is 0. The third kappa shape index (κ3) is 3.33. The fourth-order valence-electron chi connectivity index (χ4n) is 4.19. The molecule has 2 aliphatic carbocycles. The first-order chi connectivity index (χ1) is 11.0. The van der Waals surface area contributed by atoms with Gasteiger partial charge in [-0.15, -0.1) is 0 Å². The zero-order chi connectivity index (χ0) is 16.3. The van der Waals surface area contributed by atoms with E-state index < -0.39 is 17.5 Å². The van der Waals surface area contributed by atoms with Crippen molar-refractivity contribution in [2.45, 2.75) is 45.1 Å². The maximum absolute atomic E-state index is 11.9. The molecule has 1 aromatic carbocycles. The van der Waals surface area contributed by atoms with Gasteiger partial charge in [-0.05, 0) is 43.1 Å². The van der Waals surface area contributed by atoms with Crippen molar-refractivity contribution in [1.82, 2.24) is 5.32 Å². The summed E-state index contributed by atoms with van der Waals surface area (Å²) in [6, 6.07) is 9.54. The number of carboxylic acids is 1. The Hall–Kier alpha value is -2.04. The van der Waals surface area contributed by atoms with Crippen LogP contribution in [0, 0.1) is 10.8 Å². The highest BCUT2D eigenvalue weighted by molar-refractivity contribution is 5.75. The predicted octanol–water partition coefficient (Wildman–Crippen LogP) is 3.34. The van der Waals surface area contributed by atoms with E-state index in [0.717, 1.165) is 37.7 Å². The Bertz CT molecular complexity index is 588. The molecule has 2 aliphatic rings. The number of hydrogen-bond donors (Lipinski definition) is 2. The second-order valence-corrected chi connectivity index (χ2v) is 7.03. The summed E-state index contributed by atoms with van der Waals surface area (Å²) in [6.07, 6.45) is 4.52. The standard InChI is InChI=1S/C18H23NO4/c20-15(21)18-8-4-7-17(12-18,9-10-18)13-19-16(22)23-11-14-5-2-1-3-6-14/h1-3,5-6H,4,7-13H2,(H,19,22)(H,20,21). The van der Waals surface area contributed by atoms with Crippen LogP contribution in [-0.2, 0) is 16.1 Å². The van der Waals surface area contributed by atoms with Crippen molar-refractivity contribution in [2.75, 3.05) is 6.54 Å². The first kappa shape index (κ1) is 15.8. The van der Waals surface area contributed by atoms with Crippen molar-refractivity contribution >= 4 is 12.1 Å². The summed E-state index contributed by atoms with van der Waals surface area (Å²) in [5, 5.41) is 12.3. The van der Waals surface area contributed by atoms with Crippen LogP contribution in [0.3, 0.4) is 0 Å². The Morgan fingerprint density at radius 2 is 1.91 bits per heavy atom. The first-order valence-corrected chi connectivity index (χ1v) is 8.22. The lowest BCUT2D eigenvalue weighted by molar-refractivity contribution is -0.150. The molecule has 2 saturated carbocycles. The van der Waals surface area contributed by atoms with Gasteiger partial charge in [0.25, 0.3) is 0 Å². The third-order valence-electron chi connectivity index (χ3n) is 5.48. The van der Waals surface area contributed by atoms with E-state index in [2.05, 4.69) is 5.32 Å². The minimum Gasteiger partial charge on any atom is -0.481 e. The summed E-state index contributed by atoms with van der Waals surface area (Å²) in [6.45, 7) is 0.758. The van der Waals surface area contributed by atoms with Gasteiger partial charge in [-0.3, -0.25) is 4.79 Å². The van der Waals surface area contributed by atoms with Gasteiger partial charge in [-0.2, -0.15) is 0 Å². The minimum absolute atomic E-state index is 0.0671. The van der Waals surface area contributed by atoms with Crippen LogP contribution in [-0.4, -0.2) is 23.7 Å². The molecule has 124 valence electrons. The summed E-state index contributed by atoms with van der Waals surface area (Å²) in [5.74, 6) is -0.675. The molecule has 3 rings (SSSR count). The maximum atomic E-state index is 11.9. The molecular formula is C18H23NO4. The van der Waals surface area contributed by atoms with Crippen LogP contribution in [0.4, 0.5) is 4.79 Å². The monoisotopic (exact) mass is 317 g/mol. The van der Waals surface area contributed by atoms with Crippen molar-refractivity contribution in [3.05, 3.63) is 35.9 Å². The van der Waals surface area contributed by atoms with E-state index in [1.807, 2.05) is 30.3 Å². The Morgan fingerprint density at radius 1 is 1.13 bits per heavy atom. The smallest absolute Gasteiger partial charge is 0.407 e. The fraction of sp³-hybridized carbons (Fsp3) is 0.556. The van der Waals surface area contributed by atoms with E-state index in [1.54, 1.807) is 0 Å². The number of carbonyl (C=O) groups excluding carboxylic acids is 1. The van der Waals surface area contributed by atoms with Crippen molar-refractivity contribution in [2.24, 2.45) is 10.8 Å². The summed E-state index contributed by atoms with van der Waals surface area (Å²) in [4.78, 5) is 23.5. The van der Waals surface area contributed by atoms with Crippen LogP contribution < -0.4 is 5.32 Å². The number of hydrogen-bond acceptors (Lipinski definition) is 3. The predicted molar refractivity (Wildman–Crippen MR) is 84.8 cm³/mol. The van der Waals surface area contributed by atoms with E-state index in [1.165, 1.54) is 0 Å². The largest absolute Gasteiger partial charge is 0.481 e. The highest BCUT2D eigenvalue weighted by atomic mass is 16.5. The highest BCUT2D eigenvalue weighted by Gasteiger charge is 2.54. The van der Waals surface area contributed by atoms with Crippen LogP contribution in [0.25, 0.3) is 0 Å². The average Bonchev–Trinajstić information content (AvgIpc) is 2.84. The van der Waals surface area contributed by atoms with Crippen molar-refractivity contribution in [3.8, 4) is 0 Å². The van der Waals surface area contributed by atoms with E-state index >= 15 is 0 Å². The molecule has 1 aromatic rings. The molecule has 23 heavy (non-hydrogen) atoms. The highest BCUT2D eigenvalue weighted by Crippen LogP contribution is 2.58. The normalized spacial score (nSPS) is 29.0. The summed E-state index contributed by atoms with van der Waals surface area (Å²) in [7, 11) is 0. The molecular weight excluding hydrogens is 294 g/mol. The van der Waals surface area contributed by atoms with Gasteiger partial charge in [0.05, 0.1) is 5.41 Å². The van der Waals surface area contributed by atoms with E-state index in [9.17, 15) is 14.7 Å². The molecule has 0 aliphatic heterocycles. The molecule has 0 radical (unpaired) electrons. The Balaban J connectivity index is 1.50. The number of ether oxygens (including phenoxy) is 1. The third-order valence-corrected chi connectivity index (χ3v) is 5.48. The lowest BCUT2D eigenvalue weighted by atomic mass is 9.69.